The van der Waals surface area contributed by atoms with Gasteiger partial charge in [-0.2, -0.15) is 0 Å². The third-order valence-electron chi connectivity index (χ3n) is 9.65. The van der Waals surface area contributed by atoms with Gasteiger partial charge in [0.1, 0.15) is 0 Å². The third-order valence-corrected chi connectivity index (χ3v) is 12.0. The molecule has 0 amide bonds. The predicted octanol–water partition coefficient (Wildman–Crippen LogP) is 14.4. The zero-order valence-corrected chi connectivity index (χ0v) is 28.1. The molecule has 0 unspecified atom stereocenters. The van der Waals surface area contributed by atoms with Crippen molar-refractivity contribution >= 4 is 90.9 Å². The fourth-order valence-electron chi connectivity index (χ4n) is 7.36. The highest BCUT2D eigenvalue weighted by Gasteiger charge is 2.20. The van der Waals surface area contributed by atoms with Crippen LogP contribution in [0.3, 0.4) is 0 Å². The van der Waals surface area contributed by atoms with E-state index in [1.807, 2.05) is 22.7 Å². The van der Waals surface area contributed by atoms with Gasteiger partial charge in [-0.1, -0.05) is 127 Å². The van der Waals surface area contributed by atoms with Crippen molar-refractivity contribution in [3.8, 4) is 22.3 Å². The highest BCUT2D eigenvalue weighted by atomic mass is 32.1. The molecule has 2 aromatic heterocycles. The largest absolute Gasteiger partial charge is 0.309 e. The van der Waals surface area contributed by atoms with Crippen LogP contribution in [0.2, 0.25) is 0 Å². The second-order valence-corrected chi connectivity index (χ2v) is 14.7. The highest BCUT2D eigenvalue weighted by Crippen LogP contribution is 2.47. The van der Waals surface area contributed by atoms with Crippen molar-refractivity contribution in [2.45, 2.75) is 0 Å². The summed E-state index contributed by atoms with van der Waals surface area (Å²) >= 11 is 3.74. The summed E-state index contributed by atoms with van der Waals surface area (Å²) < 4.78 is 5.22. The third kappa shape index (κ3) is 4.74. The summed E-state index contributed by atoms with van der Waals surface area (Å²) in [5, 5.41) is 7.76. The molecule has 0 saturated carbocycles. The lowest BCUT2D eigenvalue weighted by Crippen LogP contribution is -2.10. The van der Waals surface area contributed by atoms with E-state index < -0.39 is 0 Å². The maximum absolute atomic E-state index is 2.46. The summed E-state index contributed by atoms with van der Waals surface area (Å²) in [6.07, 6.45) is 0. The van der Waals surface area contributed by atoms with E-state index in [0.29, 0.717) is 0 Å². The topological polar surface area (TPSA) is 3.24 Å². The fraction of sp³-hybridized carbons (Fsp3) is 0. The van der Waals surface area contributed by atoms with Gasteiger partial charge < -0.3 is 4.90 Å². The van der Waals surface area contributed by atoms with Crippen LogP contribution in [0, 0.1) is 0 Å². The summed E-state index contributed by atoms with van der Waals surface area (Å²) in [5.74, 6) is 0. The number of hydrogen-bond donors (Lipinski definition) is 0. The Morgan fingerprint density at radius 3 is 1.82 bits per heavy atom. The van der Waals surface area contributed by atoms with E-state index >= 15 is 0 Å². The zero-order valence-electron chi connectivity index (χ0n) is 26.5. The second-order valence-electron chi connectivity index (χ2n) is 12.5. The molecule has 0 atom stereocenters. The van der Waals surface area contributed by atoms with Gasteiger partial charge in [-0.25, -0.2) is 0 Å². The number of rotatable bonds is 5. The monoisotopic (exact) mass is 659 g/mol. The SMILES string of the molecule is c1cc(-c2cccc(N(c3ccc4c(c3)sc3ccccc34)c3cccc4c3sc3ccccc34)c2)cc(-c2cccc3ccccc23)c1. The molecule has 1 nitrogen and oxygen atoms in total. The van der Waals surface area contributed by atoms with E-state index in [-0.39, 0.29) is 0 Å². The Bertz CT molecular complexity index is 2850. The first kappa shape index (κ1) is 28.3. The van der Waals surface area contributed by atoms with Crippen LogP contribution in [0.1, 0.15) is 0 Å². The Kier molecular flexibility index (Phi) is 6.61. The maximum atomic E-state index is 2.46. The second kappa shape index (κ2) is 11.5. The Balaban J connectivity index is 1.16. The number of benzene rings is 8. The molecule has 0 aliphatic carbocycles. The molecule has 0 fully saturated rings. The van der Waals surface area contributed by atoms with Gasteiger partial charge in [-0.3, -0.25) is 0 Å². The number of nitrogens with zero attached hydrogens (tertiary/aromatic N) is 1. The Labute approximate surface area is 292 Å². The van der Waals surface area contributed by atoms with Gasteiger partial charge in [0.15, 0.2) is 0 Å². The molecule has 10 rings (SSSR count). The molecule has 0 N–H and O–H groups in total. The molecule has 0 saturated heterocycles. The zero-order chi connectivity index (χ0) is 32.3. The van der Waals surface area contributed by atoms with Gasteiger partial charge in [0.25, 0.3) is 0 Å². The van der Waals surface area contributed by atoms with E-state index in [0.717, 1.165) is 11.4 Å². The van der Waals surface area contributed by atoms with Crippen molar-refractivity contribution in [2.24, 2.45) is 0 Å². The fourth-order valence-corrected chi connectivity index (χ4v) is 9.70. The lowest BCUT2D eigenvalue weighted by molar-refractivity contribution is 1.31. The van der Waals surface area contributed by atoms with Crippen molar-refractivity contribution in [3.63, 3.8) is 0 Å². The van der Waals surface area contributed by atoms with Gasteiger partial charge in [-0.15, -0.1) is 22.7 Å². The van der Waals surface area contributed by atoms with Gasteiger partial charge in [0.2, 0.25) is 0 Å². The van der Waals surface area contributed by atoms with E-state index in [1.54, 1.807) is 0 Å². The van der Waals surface area contributed by atoms with E-state index in [2.05, 4.69) is 181 Å². The van der Waals surface area contributed by atoms with Crippen molar-refractivity contribution in [1.82, 2.24) is 0 Å². The normalized spacial score (nSPS) is 11.7. The van der Waals surface area contributed by atoms with Crippen LogP contribution in [0.4, 0.5) is 17.1 Å². The number of anilines is 3. The summed E-state index contributed by atoms with van der Waals surface area (Å²) in [6.45, 7) is 0. The van der Waals surface area contributed by atoms with Crippen LogP contribution in [0.15, 0.2) is 176 Å². The molecule has 0 radical (unpaired) electrons. The van der Waals surface area contributed by atoms with Gasteiger partial charge in [0, 0.05) is 47.0 Å². The Morgan fingerprint density at radius 2 is 0.939 bits per heavy atom. The van der Waals surface area contributed by atoms with Crippen LogP contribution < -0.4 is 4.90 Å². The van der Waals surface area contributed by atoms with Crippen molar-refractivity contribution in [1.29, 1.82) is 0 Å². The minimum absolute atomic E-state index is 1.14. The summed E-state index contributed by atoms with van der Waals surface area (Å²) in [6, 6.07) is 64.5. The number of hydrogen-bond acceptors (Lipinski definition) is 3. The van der Waals surface area contributed by atoms with Crippen molar-refractivity contribution in [3.05, 3.63) is 176 Å². The molecule has 0 bridgehead atoms. The molecule has 8 aromatic carbocycles. The standard InChI is InChI=1S/C46H29NS2/c1-2-17-36-30(11-1)12-9-20-37(36)33-15-7-13-31(27-33)32-14-8-16-34(28-32)47(35-25-26-40-38-18-3-5-23-43(38)48-45(40)29-35)42-22-10-21-41-39-19-4-6-24-44(39)49-46(41)42/h1-29H. The molecule has 0 aliphatic rings. The lowest BCUT2D eigenvalue weighted by atomic mass is 9.95. The summed E-state index contributed by atoms with van der Waals surface area (Å²) in [7, 11) is 0. The maximum Gasteiger partial charge on any atom is 0.0640 e. The van der Waals surface area contributed by atoms with Gasteiger partial charge in [0.05, 0.1) is 10.4 Å². The Morgan fingerprint density at radius 1 is 0.347 bits per heavy atom. The smallest absolute Gasteiger partial charge is 0.0640 e. The van der Waals surface area contributed by atoms with Crippen molar-refractivity contribution < 1.29 is 0 Å². The lowest BCUT2D eigenvalue weighted by Gasteiger charge is -2.26. The van der Waals surface area contributed by atoms with Gasteiger partial charge >= 0.3 is 0 Å². The van der Waals surface area contributed by atoms with Crippen LogP contribution in [-0.4, -0.2) is 0 Å². The average molecular weight is 660 g/mol. The minimum Gasteiger partial charge on any atom is -0.309 e. The molecule has 10 aromatic rings. The first-order valence-electron chi connectivity index (χ1n) is 16.6. The molecular formula is C46H29NS2. The highest BCUT2D eigenvalue weighted by molar-refractivity contribution is 7.26. The van der Waals surface area contributed by atoms with E-state index in [4.69, 9.17) is 0 Å². The molecule has 0 spiro atoms. The van der Waals surface area contributed by atoms with Crippen LogP contribution in [0.25, 0.3) is 73.4 Å². The average Bonchev–Trinajstić information content (AvgIpc) is 3.74. The van der Waals surface area contributed by atoms with Crippen LogP contribution in [-0.2, 0) is 0 Å². The van der Waals surface area contributed by atoms with Crippen LogP contribution >= 0.6 is 22.7 Å². The molecule has 0 aliphatic heterocycles. The molecule has 49 heavy (non-hydrogen) atoms. The number of thiophene rings is 2. The first-order chi connectivity index (χ1) is 24.3. The van der Waals surface area contributed by atoms with E-state index in [1.165, 1.54) is 79.1 Å². The molecule has 230 valence electrons. The molecule has 3 heteroatoms. The quantitative estimate of drug-likeness (QED) is 0.178. The molecule has 2 heterocycles. The first-order valence-corrected chi connectivity index (χ1v) is 18.2. The predicted molar refractivity (Wildman–Crippen MR) is 215 cm³/mol. The Hall–Kier alpha value is -5.74. The summed E-state index contributed by atoms with van der Waals surface area (Å²) in [5.41, 5.74) is 8.36. The summed E-state index contributed by atoms with van der Waals surface area (Å²) in [4.78, 5) is 2.46. The molecular weight excluding hydrogens is 631 g/mol. The minimum atomic E-state index is 1.14. The number of fused-ring (bicyclic) bond motifs is 7. The van der Waals surface area contributed by atoms with E-state index in [9.17, 15) is 0 Å². The van der Waals surface area contributed by atoms with Crippen molar-refractivity contribution in [2.75, 3.05) is 4.90 Å². The van der Waals surface area contributed by atoms with Crippen LogP contribution in [0.5, 0.6) is 0 Å². The van der Waals surface area contributed by atoms with Gasteiger partial charge in [-0.05, 0) is 81.6 Å².